The van der Waals surface area contributed by atoms with Gasteiger partial charge >= 0.3 is 0 Å². The number of carbonyl (C=O) groups excluding carboxylic acids is 1. The molecular weight excluding hydrogens is 332 g/mol. The van der Waals surface area contributed by atoms with Crippen LogP contribution >= 0.6 is 0 Å². The lowest BCUT2D eigenvalue weighted by atomic mass is 10.1. The molecule has 0 saturated carbocycles. The van der Waals surface area contributed by atoms with Gasteiger partial charge in [-0.25, -0.2) is 5.43 Å². The Balaban J connectivity index is 1.65. The number of phenols is 1. The molecule has 0 spiro atoms. The van der Waals surface area contributed by atoms with Crippen molar-refractivity contribution >= 4 is 12.1 Å². The molecule has 132 valence electrons. The number of nitrogens with one attached hydrogen (secondary N) is 2. The fourth-order valence-electron chi connectivity index (χ4n) is 2.30. The molecule has 0 aliphatic heterocycles. The van der Waals surface area contributed by atoms with Crippen LogP contribution in [-0.2, 0) is 0 Å². The fourth-order valence-corrected chi connectivity index (χ4v) is 2.30. The standard InChI is InChI=1S/C19H18N4O3/c1-2-26-18-10-13(8-9-17(18)24)12-20-23-19(25)16-11-15(21-22-16)14-6-4-3-5-7-14/h3-12,24H,2H2,1H3,(H,21,22)(H,23,25)/b20-12+. The number of benzene rings is 2. The quantitative estimate of drug-likeness (QED) is 0.470. The number of H-pyrrole nitrogens is 1. The smallest absolute Gasteiger partial charge is 0.289 e. The van der Waals surface area contributed by atoms with Crippen LogP contribution in [-0.4, -0.2) is 34.0 Å². The first-order chi connectivity index (χ1) is 12.7. The number of rotatable bonds is 6. The molecule has 0 unspecified atom stereocenters. The molecule has 0 aliphatic rings. The highest BCUT2D eigenvalue weighted by molar-refractivity contribution is 5.94. The lowest BCUT2D eigenvalue weighted by Gasteiger charge is -2.05. The minimum Gasteiger partial charge on any atom is -0.504 e. The highest BCUT2D eigenvalue weighted by Crippen LogP contribution is 2.26. The van der Waals surface area contributed by atoms with E-state index in [4.69, 9.17) is 4.74 Å². The molecular formula is C19H18N4O3. The zero-order chi connectivity index (χ0) is 18.4. The number of carbonyl (C=O) groups is 1. The van der Waals surface area contributed by atoms with Crippen molar-refractivity contribution in [3.05, 3.63) is 65.9 Å². The highest BCUT2D eigenvalue weighted by atomic mass is 16.5. The molecule has 0 saturated heterocycles. The number of nitrogens with zero attached hydrogens (tertiary/aromatic N) is 2. The van der Waals surface area contributed by atoms with Crippen LogP contribution in [0.1, 0.15) is 23.0 Å². The van der Waals surface area contributed by atoms with Gasteiger partial charge in [-0.3, -0.25) is 9.89 Å². The van der Waals surface area contributed by atoms with Gasteiger partial charge in [0.1, 0.15) is 5.69 Å². The summed E-state index contributed by atoms with van der Waals surface area (Å²) in [5.74, 6) is 0.0162. The van der Waals surface area contributed by atoms with Crippen molar-refractivity contribution < 1.29 is 14.6 Å². The van der Waals surface area contributed by atoms with Crippen LogP contribution in [0.4, 0.5) is 0 Å². The SMILES string of the molecule is CCOc1cc(/C=N/NC(=O)c2cc(-c3ccccc3)n[nH]2)ccc1O. The van der Waals surface area contributed by atoms with Crippen molar-refractivity contribution in [2.24, 2.45) is 5.10 Å². The van der Waals surface area contributed by atoms with E-state index in [2.05, 4.69) is 20.7 Å². The molecule has 0 radical (unpaired) electrons. The van der Waals surface area contributed by atoms with E-state index in [-0.39, 0.29) is 5.75 Å². The van der Waals surface area contributed by atoms with Crippen LogP contribution in [0.5, 0.6) is 11.5 Å². The Morgan fingerprint density at radius 2 is 2.08 bits per heavy atom. The first kappa shape index (κ1) is 17.2. The second-order valence-corrected chi connectivity index (χ2v) is 5.39. The van der Waals surface area contributed by atoms with Gasteiger partial charge in [-0.15, -0.1) is 0 Å². The number of hydrogen-bond donors (Lipinski definition) is 3. The van der Waals surface area contributed by atoms with Crippen molar-refractivity contribution in [1.82, 2.24) is 15.6 Å². The average molecular weight is 350 g/mol. The summed E-state index contributed by atoms with van der Waals surface area (Å²) in [4.78, 5) is 12.1. The first-order valence-electron chi connectivity index (χ1n) is 8.07. The number of aromatic hydroxyl groups is 1. The third-order valence-corrected chi connectivity index (χ3v) is 3.56. The Morgan fingerprint density at radius 1 is 1.27 bits per heavy atom. The summed E-state index contributed by atoms with van der Waals surface area (Å²) in [6.07, 6.45) is 1.47. The maximum absolute atomic E-state index is 12.1. The molecule has 1 heterocycles. The molecule has 26 heavy (non-hydrogen) atoms. The summed E-state index contributed by atoms with van der Waals surface area (Å²) in [5.41, 5.74) is 5.02. The van der Waals surface area contributed by atoms with E-state index in [0.717, 1.165) is 5.56 Å². The van der Waals surface area contributed by atoms with E-state index in [1.165, 1.54) is 12.3 Å². The monoisotopic (exact) mass is 350 g/mol. The van der Waals surface area contributed by atoms with Crippen LogP contribution in [0.25, 0.3) is 11.3 Å². The number of amides is 1. The van der Waals surface area contributed by atoms with E-state index in [9.17, 15) is 9.90 Å². The van der Waals surface area contributed by atoms with Gasteiger partial charge < -0.3 is 9.84 Å². The topological polar surface area (TPSA) is 99.6 Å². The lowest BCUT2D eigenvalue weighted by Crippen LogP contribution is -2.18. The fraction of sp³-hybridized carbons (Fsp3) is 0.105. The van der Waals surface area contributed by atoms with Crippen LogP contribution in [0.2, 0.25) is 0 Å². The van der Waals surface area contributed by atoms with E-state index in [1.807, 2.05) is 37.3 Å². The van der Waals surface area contributed by atoms with Gasteiger partial charge in [0.05, 0.1) is 18.5 Å². The Labute approximate surface area is 150 Å². The second-order valence-electron chi connectivity index (χ2n) is 5.39. The van der Waals surface area contributed by atoms with E-state index in [0.29, 0.717) is 29.3 Å². The molecule has 0 fully saturated rings. The van der Waals surface area contributed by atoms with Crippen LogP contribution < -0.4 is 10.2 Å². The predicted octanol–water partition coefficient (Wildman–Crippen LogP) is 2.94. The Bertz CT molecular complexity index is 920. The minimum absolute atomic E-state index is 0.0546. The molecule has 7 heteroatoms. The molecule has 3 rings (SSSR count). The summed E-state index contributed by atoms with van der Waals surface area (Å²) in [7, 11) is 0. The molecule has 2 aromatic carbocycles. The summed E-state index contributed by atoms with van der Waals surface area (Å²) in [6, 6.07) is 16.0. The van der Waals surface area contributed by atoms with Gasteiger partial charge in [0, 0.05) is 5.56 Å². The van der Waals surface area contributed by atoms with Gasteiger partial charge in [0.15, 0.2) is 11.5 Å². The van der Waals surface area contributed by atoms with Crippen molar-refractivity contribution in [3.8, 4) is 22.8 Å². The first-order valence-corrected chi connectivity index (χ1v) is 8.07. The Morgan fingerprint density at radius 3 is 2.85 bits per heavy atom. The predicted molar refractivity (Wildman–Crippen MR) is 98.4 cm³/mol. The minimum atomic E-state index is -0.403. The molecule has 1 aromatic heterocycles. The van der Waals surface area contributed by atoms with E-state index < -0.39 is 5.91 Å². The number of aromatic nitrogens is 2. The molecule has 0 aliphatic carbocycles. The molecule has 3 aromatic rings. The summed E-state index contributed by atoms with van der Waals surface area (Å²) in [5, 5.41) is 20.4. The maximum Gasteiger partial charge on any atom is 0.289 e. The van der Waals surface area contributed by atoms with Crippen LogP contribution in [0, 0.1) is 0 Å². The largest absolute Gasteiger partial charge is 0.504 e. The van der Waals surface area contributed by atoms with Gasteiger partial charge in [0.2, 0.25) is 0 Å². The van der Waals surface area contributed by atoms with Gasteiger partial charge in [-0.2, -0.15) is 10.2 Å². The summed E-state index contributed by atoms with van der Waals surface area (Å²) in [6.45, 7) is 2.27. The number of aromatic amines is 1. The molecule has 0 bridgehead atoms. The Kier molecular flexibility index (Phi) is 5.28. The van der Waals surface area contributed by atoms with E-state index in [1.54, 1.807) is 18.2 Å². The number of ether oxygens (including phenoxy) is 1. The zero-order valence-electron chi connectivity index (χ0n) is 14.1. The maximum atomic E-state index is 12.1. The number of hydrazone groups is 1. The van der Waals surface area contributed by atoms with Crippen LogP contribution in [0.15, 0.2) is 59.7 Å². The van der Waals surface area contributed by atoms with Crippen LogP contribution in [0.3, 0.4) is 0 Å². The van der Waals surface area contributed by atoms with Crippen molar-refractivity contribution in [1.29, 1.82) is 0 Å². The third-order valence-electron chi connectivity index (χ3n) is 3.56. The second kappa shape index (κ2) is 7.98. The number of phenolic OH excluding ortho intramolecular Hbond substituents is 1. The molecule has 7 nitrogen and oxygen atoms in total. The normalized spacial score (nSPS) is 10.8. The molecule has 0 atom stereocenters. The van der Waals surface area contributed by atoms with Crippen molar-refractivity contribution in [2.45, 2.75) is 6.92 Å². The summed E-state index contributed by atoms with van der Waals surface area (Å²) >= 11 is 0. The van der Waals surface area contributed by atoms with Gasteiger partial charge in [0.25, 0.3) is 5.91 Å². The van der Waals surface area contributed by atoms with Crippen molar-refractivity contribution in [3.63, 3.8) is 0 Å². The molecule has 3 N–H and O–H groups in total. The lowest BCUT2D eigenvalue weighted by molar-refractivity contribution is 0.0950. The van der Waals surface area contributed by atoms with Gasteiger partial charge in [-0.05, 0) is 36.8 Å². The average Bonchev–Trinajstić information content (AvgIpc) is 3.15. The molecule has 1 amide bonds. The van der Waals surface area contributed by atoms with Crippen molar-refractivity contribution in [2.75, 3.05) is 6.61 Å². The van der Waals surface area contributed by atoms with E-state index >= 15 is 0 Å². The third kappa shape index (κ3) is 4.07. The highest BCUT2D eigenvalue weighted by Gasteiger charge is 2.10. The zero-order valence-corrected chi connectivity index (χ0v) is 14.1. The number of hydrogen-bond acceptors (Lipinski definition) is 5. The Hall–Kier alpha value is -3.61. The van der Waals surface area contributed by atoms with Gasteiger partial charge in [-0.1, -0.05) is 30.3 Å². The summed E-state index contributed by atoms with van der Waals surface area (Å²) < 4.78 is 5.31.